The number of benzene rings is 2. The lowest BCUT2D eigenvalue weighted by Crippen LogP contribution is -2.62. The molecule has 40 nitrogen and oxygen atoms in total. The van der Waals surface area contributed by atoms with E-state index in [4.69, 9.17) is 63.1 Å². The number of aliphatic carboxylic acids is 1. The van der Waals surface area contributed by atoms with E-state index in [1.54, 1.807) is 88.5 Å². The first kappa shape index (κ1) is 91.5. The number of carboxylic acid groups (broad SMARTS) is 1. The Morgan fingerprint density at radius 3 is 1.27 bits per heavy atom. The van der Waals surface area contributed by atoms with Gasteiger partial charge in [0.05, 0.1) is 12.5 Å². The third-order valence-electron chi connectivity index (χ3n) is 17.4. The van der Waals surface area contributed by atoms with Gasteiger partial charge in [0.15, 0.2) is 17.9 Å². The maximum Gasteiger partial charge on any atom is 0.326 e. The van der Waals surface area contributed by atoms with Gasteiger partial charge in [-0.2, -0.15) is 0 Å². The molecule has 0 fully saturated rings. The Labute approximate surface area is 630 Å². The number of carbonyl (C=O) groups is 14. The number of aromatic amines is 1. The molecule has 0 bridgehead atoms. The second-order valence-electron chi connectivity index (χ2n) is 26.6. The molecule has 34 N–H and O–H groups in total. The maximum absolute atomic E-state index is 14.8. The molecule has 0 spiro atoms. The maximum atomic E-state index is 14.8. The number of carbonyl (C=O) groups excluding carboxylic acids is 13. The molecule has 0 radical (unpaired) electrons. The van der Waals surface area contributed by atoms with Gasteiger partial charge < -0.3 is 126 Å². The van der Waals surface area contributed by atoms with Gasteiger partial charge in [-0.15, -0.1) is 0 Å². The van der Waals surface area contributed by atoms with Crippen molar-refractivity contribution in [3.05, 3.63) is 71.9 Å². The first-order chi connectivity index (χ1) is 51.5. The number of fused-ring (bicyclic) bond motifs is 1. The molecule has 13 amide bonds. The Bertz CT molecular complexity index is 3650. The summed E-state index contributed by atoms with van der Waals surface area (Å²) in [6, 6.07) is -1.15. The van der Waals surface area contributed by atoms with Crippen LogP contribution in [0.1, 0.15) is 135 Å². The van der Waals surface area contributed by atoms with E-state index in [0.29, 0.717) is 28.5 Å². The molecule has 3 aromatic rings. The third-order valence-corrected chi connectivity index (χ3v) is 17.4. The number of nitrogens with two attached hydrogens (primary N) is 11. The number of aliphatic imine (C=N–C) groups is 3. The molecule has 1 aromatic heterocycles. The van der Waals surface area contributed by atoms with Crippen molar-refractivity contribution in [2.45, 2.75) is 203 Å². The zero-order valence-corrected chi connectivity index (χ0v) is 62.0. The molecule has 12 atom stereocenters. The molecule has 0 aliphatic heterocycles. The molecule has 0 saturated carbocycles. The molecule has 0 unspecified atom stereocenters. The number of nitrogens with one attached hydrogen (secondary N) is 11. The fourth-order valence-electron chi connectivity index (χ4n) is 11.2. The fraction of sp³-hybridized carbons (Fsp3) is 0.551. The number of hydrogen-bond acceptors (Lipinski definition) is 19. The van der Waals surface area contributed by atoms with Crippen molar-refractivity contribution < 1.29 is 72.2 Å². The van der Waals surface area contributed by atoms with E-state index < -0.39 is 187 Å². The van der Waals surface area contributed by atoms with Gasteiger partial charge in [-0.05, 0) is 113 Å². The van der Waals surface area contributed by atoms with E-state index in [2.05, 4.69) is 73.1 Å². The Hall–Kier alpha value is -11.7. The van der Waals surface area contributed by atoms with Crippen molar-refractivity contribution in [2.24, 2.45) is 89.9 Å². The van der Waals surface area contributed by atoms with Gasteiger partial charge in [-0.3, -0.25) is 77.3 Å². The number of H-pyrrole nitrogens is 1. The number of para-hydroxylation sites is 1. The van der Waals surface area contributed by atoms with Crippen LogP contribution >= 0.6 is 0 Å². The highest BCUT2D eigenvalue weighted by Crippen LogP contribution is 2.21. The van der Waals surface area contributed by atoms with Gasteiger partial charge in [-0.25, -0.2) is 4.79 Å². The van der Waals surface area contributed by atoms with Crippen LogP contribution in [0.25, 0.3) is 10.9 Å². The predicted octanol–water partition coefficient (Wildman–Crippen LogP) is -6.39. The highest BCUT2D eigenvalue weighted by atomic mass is 16.4. The number of rotatable bonds is 52. The van der Waals surface area contributed by atoms with Crippen LogP contribution in [-0.2, 0) is 80.0 Å². The van der Waals surface area contributed by atoms with Crippen LogP contribution in [0.2, 0.25) is 0 Å². The molecular formula is C69H111N25O15. The minimum Gasteiger partial charge on any atom is -0.480 e. The van der Waals surface area contributed by atoms with Crippen LogP contribution < -0.4 is 116 Å². The summed E-state index contributed by atoms with van der Waals surface area (Å²) in [6.07, 6.45) is -1.01. The Kier molecular flexibility index (Phi) is 40.1. The van der Waals surface area contributed by atoms with Crippen molar-refractivity contribution in [1.29, 1.82) is 0 Å². The zero-order valence-electron chi connectivity index (χ0n) is 62.0. The highest BCUT2D eigenvalue weighted by molar-refractivity contribution is 6.00. The second-order valence-corrected chi connectivity index (χ2v) is 26.6. The first-order valence-electron chi connectivity index (χ1n) is 35.9. The average molecular weight is 1530 g/mol. The fourth-order valence-corrected chi connectivity index (χ4v) is 11.2. The summed E-state index contributed by atoms with van der Waals surface area (Å²) in [6.45, 7) is 6.49. The van der Waals surface area contributed by atoms with Gasteiger partial charge in [0.2, 0.25) is 76.8 Å². The van der Waals surface area contributed by atoms with Gasteiger partial charge in [-0.1, -0.05) is 82.6 Å². The van der Waals surface area contributed by atoms with Crippen LogP contribution in [-0.4, -0.2) is 203 Å². The van der Waals surface area contributed by atoms with Crippen molar-refractivity contribution in [2.75, 3.05) is 26.2 Å². The van der Waals surface area contributed by atoms with E-state index in [-0.39, 0.29) is 121 Å². The summed E-state index contributed by atoms with van der Waals surface area (Å²) < 4.78 is 0. The molecule has 40 heteroatoms. The Morgan fingerprint density at radius 1 is 0.422 bits per heavy atom. The summed E-state index contributed by atoms with van der Waals surface area (Å²) in [5, 5.41) is 36.1. The first-order valence-corrected chi connectivity index (χ1v) is 35.9. The van der Waals surface area contributed by atoms with Crippen LogP contribution in [0.3, 0.4) is 0 Å². The quantitative estimate of drug-likeness (QED) is 0.0142. The van der Waals surface area contributed by atoms with Crippen LogP contribution in [0, 0.1) is 11.8 Å². The van der Waals surface area contributed by atoms with Crippen LogP contribution in [0.4, 0.5) is 0 Å². The summed E-state index contributed by atoms with van der Waals surface area (Å²) in [7, 11) is 0. The Morgan fingerprint density at radius 2 is 0.807 bits per heavy atom. The summed E-state index contributed by atoms with van der Waals surface area (Å²) >= 11 is 0. The van der Waals surface area contributed by atoms with Gasteiger partial charge in [0, 0.05) is 56.0 Å². The summed E-state index contributed by atoms with van der Waals surface area (Å²) in [5.74, 6) is -16.4. The minimum absolute atomic E-state index is 0.0425. The lowest BCUT2D eigenvalue weighted by Gasteiger charge is -2.30. The topological polar surface area (TPSA) is 719 Å². The number of amides is 13. The van der Waals surface area contributed by atoms with Crippen molar-refractivity contribution in [3.63, 3.8) is 0 Å². The lowest BCUT2D eigenvalue weighted by molar-refractivity contribution is -0.143. The van der Waals surface area contributed by atoms with Gasteiger partial charge >= 0.3 is 5.97 Å². The van der Waals surface area contributed by atoms with Crippen molar-refractivity contribution in [1.82, 2.24) is 58.2 Å². The molecule has 0 saturated heterocycles. The SMILES string of the molecule is CC[C@H](C)[C@H](NC(=O)[C@H](CC(N)=O)NC(=O)[C@H](CCCN=C(N)N)NC(=O)[C@H](CCC(N)=O)NC(=O)[C@H](Cc1c[nH]c2ccccc12)NC(=O)[C@H](CCC(N)=O)NC(=O)[C@@H](N)Cc1ccccc1)C(=O)N[C@@H](CCCN=C(N)N)C(=O)N[C@@H](CCCCN)C(=O)N[C@H](C(=O)N[C@@H](CCCN=C(N)N)C(=O)O)C(C)C. The number of guanidine groups is 3. The molecule has 0 aliphatic carbocycles. The van der Waals surface area contributed by atoms with Gasteiger partial charge in [0.1, 0.15) is 60.4 Å². The standard InChI is InChI=1S/C69H111N25O15/c1-5-37(4)55(65(107)89-45(22-14-30-82-68(77)78)57(99)86-43(20-11-12-28-70)61(103)93-54(36(2)3)64(106)90-48(66(108)109)23-15-31-83-69(79)80)94-63(105)50(34-53(74)97)92-58(100)44(21-13-29-81-67(75)76)87-59(101)47(25-27-52(73)96)88-62(104)49(33-39-35-84-42-19-10-9-18-40(39)42)91-60(102)46(24-26-51(72)95)85-56(98)41(71)32-38-16-7-6-8-17-38/h6-10,16-19,35-37,41,43-50,54-55,84H,5,11-15,20-34,70-71H2,1-4H3,(H2,72,95)(H2,73,96)(H2,74,97)(H,85,98)(H,86,99)(H,87,101)(H,88,104)(H,89,107)(H,90,106)(H,91,102)(H,92,100)(H,93,103)(H,94,105)(H,108,109)(H4,75,76,81)(H4,77,78,82)(H4,79,80,83)/t37-,41-,43-,44-,45-,46-,47-,48-,49-,50-,54-,55-/m0/s1. The summed E-state index contributed by atoms with van der Waals surface area (Å²) in [4.78, 5) is 209. The highest BCUT2D eigenvalue weighted by Gasteiger charge is 2.38. The van der Waals surface area contributed by atoms with Crippen LogP contribution in [0.5, 0.6) is 0 Å². The normalized spacial score (nSPS) is 14.3. The smallest absolute Gasteiger partial charge is 0.326 e. The number of primary amides is 3. The molecule has 3 rings (SSSR count). The monoisotopic (exact) mass is 1530 g/mol. The van der Waals surface area contributed by atoms with E-state index in [9.17, 15) is 72.2 Å². The van der Waals surface area contributed by atoms with E-state index >= 15 is 0 Å². The Balaban J connectivity index is 2.04. The zero-order chi connectivity index (χ0) is 81.4. The van der Waals surface area contributed by atoms with E-state index in [1.807, 2.05) is 0 Å². The molecule has 109 heavy (non-hydrogen) atoms. The molecule has 2 aromatic carbocycles. The predicted molar refractivity (Wildman–Crippen MR) is 405 cm³/mol. The number of carboxylic acids is 1. The molecule has 602 valence electrons. The van der Waals surface area contributed by atoms with Crippen LogP contribution in [0.15, 0.2) is 75.8 Å². The number of hydrogen-bond donors (Lipinski definition) is 23. The van der Waals surface area contributed by atoms with E-state index in [0.717, 1.165) is 0 Å². The van der Waals surface area contributed by atoms with Crippen molar-refractivity contribution >= 4 is 112 Å². The summed E-state index contributed by atoms with van der Waals surface area (Å²) in [5.41, 5.74) is 63.7. The average Bonchev–Trinajstić information content (AvgIpc) is 1.80. The largest absolute Gasteiger partial charge is 0.480 e. The number of nitrogens with zero attached hydrogens (tertiary/aromatic N) is 3. The van der Waals surface area contributed by atoms with Crippen molar-refractivity contribution in [3.8, 4) is 0 Å². The van der Waals surface area contributed by atoms with E-state index in [1.165, 1.54) is 0 Å². The third kappa shape index (κ3) is 34.2. The van der Waals surface area contributed by atoms with Gasteiger partial charge in [0.25, 0.3) is 0 Å². The minimum atomic E-state index is -1.91. The molecule has 1 heterocycles. The molecule has 0 aliphatic rings. The molecular weight excluding hydrogens is 1420 g/mol. The number of unbranched alkanes of at least 4 members (excludes halogenated alkanes) is 1. The second kappa shape index (κ2) is 47.8. The lowest BCUT2D eigenvalue weighted by atomic mass is 9.96. The number of aromatic nitrogens is 1.